The van der Waals surface area contributed by atoms with Crippen LogP contribution < -0.4 is 11.1 Å². The van der Waals surface area contributed by atoms with Crippen LogP contribution >= 0.6 is 0 Å². The molecule has 0 aliphatic carbocycles. The molecule has 2 aromatic carbocycles. The molecular weight excluding hydrogens is 316 g/mol. The number of nitrogen functional groups attached to an aromatic ring is 1. The number of amides is 1. The molecule has 0 aliphatic rings. The number of carbonyl (C=O) groups is 1. The zero-order valence-corrected chi connectivity index (χ0v) is 13.1. The van der Waals surface area contributed by atoms with E-state index < -0.39 is 0 Å². The fourth-order valence-electron chi connectivity index (χ4n) is 2.53. The average Bonchev–Trinajstić information content (AvgIpc) is 3.09. The van der Waals surface area contributed by atoms with Crippen molar-refractivity contribution in [2.45, 2.75) is 0 Å². The first-order valence-corrected chi connectivity index (χ1v) is 7.63. The van der Waals surface area contributed by atoms with Gasteiger partial charge < -0.3 is 11.1 Å². The summed E-state index contributed by atoms with van der Waals surface area (Å²) in [6.07, 6.45) is 3.04. The van der Waals surface area contributed by atoms with Crippen molar-refractivity contribution >= 4 is 28.4 Å². The summed E-state index contributed by atoms with van der Waals surface area (Å²) in [5.41, 5.74) is 8.58. The van der Waals surface area contributed by atoms with Crippen LogP contribution in [0, 0.1) is 0 Å². The van der Waals surface area contributed by atoms with Crippen molar-refractivity contribution in [2.24, 2.45) is 0 Å². The number of nitrogens with one attached hydrogen (secondary N) is 1. The van der Waals surface area contributed by atoms with E-state index in [0.717, 1.165) is 5.69 Å². The lowest BCUT2D eigenvalue weighted by molar-refractivity contribution is 0.102. The molecule has 0 bridgehead atoms. The topological polar surface area (TPSA) is 98.7 Å². The lowest BCUT2D eigenvalue weighted by Crippen LogP contribution is -2.11. The van der Waals surface area contributed by atoms with Crippen molar-refractivity contribution in [3.05, 3.63) is 72.7 Å². The second kappa shape index (κ2) is 6.04. The summed E-state index contributed by atoms with van der Waals surface area (Å²) in [6.45, 7) is 0. The van der Waals surface area contributed by atoms with Crippen molar-refractivity contribution < 1.29 is 4.79 Å². The minimum absolute atomic E-state index is 0.154. The van der Waals surface area contributed by atoms with E-state index in [1.54, 1.807) is 23.0 Å². The predicted octanol–water partition coefficient (Wildman–Crippen LogP) is 2.65. The second-order valence-corrected chi connectivity index (χ2v) is 5.42. The van der Waals surface area contributed by atoms with Gasteiger partial charge in [-0.3, -0.25) is 4.79 Å². The molecule has 0 spiro atoms. The summed E-state index contributed by atoms with van der Waals surface area (Å²) < 4.78 is 1.68. The maximum atomic E-state index is 12.2. The molecule has 3 N–H and O–H groups in total. The molecule has 4 rings (SSSR count). The third-order valence-corrected chi connectivity index (χ3v) is 3.80. The molecule has 2 aromatic heterocycles. The van der Waals surface area contributed by atoms with Crippen LogP contribution in [0.4, 0.5) is 11.5 Å². The van der Waals surface area contributed by atoms with Crippen molar-refractivity contribution in [1.29, 1.82) is 0 Å². The van der Waals surface area contributed by atoms with Crippen LogP contribution in [0.5, 0.6) is 0 Å². The number of benzene rings is 2. The fourth-order valence-corrected chi connectivity index (χ4v) is 2.53. The average molecular weight is 330 g/mol. The Bertz CT molecular complexity index is 1040. The summed E-state index contributed by atoms with van der Waals surface area (Å²) >= 11 is 0. The summed E-state index contributed by atoms with van der Waals surface area (Å²) in [5, 5.41) is 7.87. The molecule has 1 amide bonds. The van der Waals surface area contributed by atoms with Gasteiger partial charge in [-0.15, -0.1) is 0 Å². The zero-order chi connectivity index (χ0) is 17.2. The van der Waals surface area contributed by atoms with Gasteiger partial charge in [-0.05, 0) is 36.4 Å². The van der Waals surface area contributed by atoms with Gasteiger partial charge in [0.1, 0.15) is 12.1 Å². The van der Waals surface area contributed by atoms with Crippen molar-refractivity contribution in [3.63, 3.8) is 0 Å². The van der Waals surface area contributed by atoms with Gasteiger partial charge in [-0.25, -0.2) is 14.6 Å². The maximum absolute atomic E-state index is 12.2. The molecular formula is C18H14N6O. The molecule has 0 unspecified atom stereocenters. The van der Waals surface area contributed by atoms with E-state index in [1.807, 2.05) is 42.5 Å². The molecule has 0 atom stereocenters. The van der Waals surface area contributed by atoms with E-state index in [9.17, 15) is 4.79 Å². The largest absolute Gasteiger partial charge is 0.383 e. The highest BCUT2D eigenvalue weighted by Crippen LogP contribution is 2.20. The molecule has 2 heterocycles. The molecule has 122 valence electrons. The lowest BCUT2D eigenvalue weighted by Gasteiger charge is -2.07. The Labute approximate surface area is 143 Å². The van der Waals surface area contributed by atoms with Gasteiger partial charge in [0.05, 0.1) is 17.3 Å². The molecule has 25 heavy (non-hydrogen) atoms. The van der Waals surface area contributed by atoms with Crippen LogP contribution in [0.15, 0.2) is 67.1 Å². The summed E-state index contributed by atoms with van der Waals surface area (Å²) in [4.78, 5) is 20.4. The van der Waals surface area contributed by atoms with Crippen LogP contribution in [0.2, 0.25) is 0 Å². The van der Waals surface area contributed by atoms with E-state index in [0.29, 0.717) is 28.1 Å². The monoisotopic (exact) mass is 330 g/mol. The van der Waals surface area contributed by atoms with E-state index in [4.69, 9.17) is 5.73 Å². The minimum atomic E-state index is -0.154. The van der Waals surface area contributed by atoms with Gasteiger partial charge in [0.2, 0.25) is 0 Å². The third-order valence-electron chi connectivity index (χ3n) is 3.80. The van der Waals surface area contributed by atoms with E-state index in [2.05, 4.69) is 20.4 Å². The highest BCUT2D eigenvalue weighted by Gasteiger charge is 2.10. The second-order valence-electron chi connectivity index (χ2n) is 5.42. The Morgan fingerprint density at radius 3 is 2.52 bits per heavy atom. The Morgan fingerprint density at radius 2 is 1.76 bits per heavy atom. The van der Waals surface area contributed by atoms with E-state index in [1.165, 1.54) is 6.33 Å². The highest BCUT2D eigenvalue weighted by molar-refractivity contribution is 6.04. The van der Waals surface area contributed by atoms with Gasteiger partial charge in [0, 0.05) is 11.3 Å². The normalized spacial score (nSPS) is 10.7. The van der Waals surface area contributed by atoms with Crippen LogP contribution in [0.25, 0.3) is 16.7 Å². The number of rotatable bonds is 3. The van der Waals surface area contributed by atoms with Gasteiger partial charge in [-0.2, -0.15) is 5.10 Å². The first-order chi connectivity index (χ1) is 12.2. The molecule has 0 fully saturated rings. The zero-order valence-electron chi connectivity index (χ0n) is 13.1. The fraction of sp³-hybridized carbons (Fsp3) is 0. The van der Waals surface area contributed by atoms with Gasteiger partial charge in [0.15, 0.2) is 5.65 Å². The Kier molecular flexibility index (Phi) is 3.59. The Morgan fingerprint density at radius 1 is 1.00 bits per heavy atom. The minimum Gasteiger partial charge on any atom is -0.383 e. The van der Waals surface area contributed by atoms with Gasteiger partial charge >= 0.3 is 0 Å². The third kappa shape index (κ3) is 2.78. The number of nitrogens with two attached hydrogens (primary N) is 1. The van der Waals surface area contributed by atoms with Crippen LogP contribution in [0.3, 0.4) is 0 Å². The number of hydrogen-bond acceptors (Lipinski definition) is 5. The number of nitrogens with zero attached hydrogens (tertiary/aromatic N) is 4. The van der Waals surface area contributed by atoms with Crippen molar-refractivity contribution in [1.82, 2.24) is 19.7 Å². The summed E-state index contributed by atoms with van der Waals surface area (Å²) in [5.74, 6) is 0.237. The number of fused-ring (bicyclic) bond motifs is 1. The molecule has 0 saturated carbocycles. The summed E-state index contributed by atoms with van der Waals surface area (Å²) in [6, 6.07) is 16.4. The molecule has 7 nitrogen and oxygen atoms in total. The van der Waals surface area contributed by atoms with Crippen molar-refractivity contribution in [2.75, 3.05) is 11.1 Å². The molecule has 0 radical (unpaired) electrons. The Balaban J connectivity index is 1.60. The molecule has 0 aliphatic heterocycles. The smallest absolute Gasteiger partial charge is 0.255 e. The number of hydrogen-bond donors (Lipinski definition) is 2. The SMILES string of the molecule is Nc1ncnc2c1cnn2-c1ccc(NC(=O)c2ccccc2)cc1. The lowest BCUT2D eigenvalue weighted by atomic mass is 10.2. The number of aromatic nitrogens is 4. The molecule has 0 saturated heterocycles. The predicted molar refractivity (Wildman–Crippen MR) is 95.5 cm³/mol. The molecule has 7 heteroatoms. The number of anilines is 2. The van der Waals surface area contributed by atoms with Crippen LogP contribution in [-0.2, 0) is 0 Å². The van der Waals surface area contributed by atoms with E-state index >= 15 is 0 Å². The number of carbonyl (C=O) groups excluding carboxylic acids is 1. The van der Waals surface area contributed by atoms with Crippen LogP contribution in [0.1, 0.15) is 10.4 Å². The highest BCUT2D eigenvalue weighted by atomic mass is 16.1. The van der Waals surface area contributed by atoms with Gasteiger partial charge in [0.25, 0.3) is 5.91 Å². The summed E-state index contributed by atoms with van der Waals surface area (Å²) in [7, 11) is 0. The van der Waals surface area contributed by atoms with E-state index in [-0.39, 0.29) is 5.91 Å². The maximum Gasteiger partial charge on any atom is 0.255 e. The first kappa shape index (κ1) is 14.8. The van der Waals surface area contributed by atoms with Gasteiger partial charge in [-0.1, -0.05) is 18.2 Å². The quantitative estimate of drug-likeness (QED) is 0.601. The van der Waals surface area contributed by atoms with Crippen LogP contribution in [-0.4, -0.2) is 25.7 Å². The first-order valence-electron chi connectivity index (χ1n) is 7.63. The molecule has 4 aromatic rings. The standard InChI is InChI=1S/C18H14N6O/c19-16-15-10-22-24(17(15)21-11-20-16)14-8-6-13(7-9-14)23-18(25)12-4-2-1-3-5-12/h1-11H,(H,23,25)(H2,19,20,21). The van der Waals surface area contributed by atoms with Crippen molar-refractivity contribution in [3.8, 4) is 5.69 Å². The Hall–Kier alpha value is -3.74.